The van der Waals surface area contributed by atoms with Crippen LogP contribution in [0.1, 0.15) is 37.8 Å². The van der Waals surface area contributed by atoms with E-state index < -0.39 is 11.2 Å². The first-order valence-electron chi connectivity index (χ1n) is 7.24. The van der Waals surface area contributed by atoms with Crippen molar-refractivity contribution < 1.29 is 14.3 Å². The van der Waals surface area contributed by atoms with Crippen molar-refractivity contribution in [2.75, 3.05) is 13.2 Å². The molecule has 1 aromatic carbocycles. The van der Waals surface area contributed by atoms with E-state index >= 15 is 0 Å². The van der Waals surface area contributed by atoms with Crippen LogP contribution >= 0.6 is 0 Å². The van der Waals surface area contributed by atoms with E-state index in [1.54, 1.807) is 38.1 Å². The van der Waals surface area contributed by atoms with Crippen LogP contribution in [0.4, 0.5) is 0 Å². The number of ether oxygens (including phenoxy) is 2. The summed E-state index contributed by atoms with van der Waals surface area (Å²) in [4.78, 5) is 12.6. The van der Waals surface area contributed by atoms with Crippen LogP contribution < -0.4 is 0 Å². The molecular formula is C18H19NO3. The number of rotatable bonds is 4. The normalized spacial score (nSPS) is 17.3. The number of hydrogen-bond donors (Lipinski definition) is 0. The van der Waals surface area contributed by atoms with Gasteiger partial charge < -0.3 is 9.47 Å². The fraction of sp³-hybridized carbons (Fsp3) is 0.444. The standard InChI is InChI=1S/C18H19NO3/c1-4-8-16(20)17(2,3)18(21-11-7-12-22-18)15-10-6-5-9-14(15)13-19/h1,5-6,9-10H,7-8,11-12H2,2-3H3. The molecule has 0 N–H and O–H groups in total. The molecule has 1 aromatic rings. The first-order valence-corrected chi connectivity index (χ1v) is 7.24. The van der Waals surface area contributed by atoms with E-state index in [1.165, 1.54) is 0 Å². The Labute approximate surface area is 131 Å². The van der Waals surface area contributed by atoms with Crippen LogP contribution in [0.2, 0.25) is 0 Å². The van der Waals surface area contributed by atoms with Crippen LogP contribution in [0.3, 0.4) is 0 Å². The molecule has 0 saturated carbocycles. The van der Waals surface area contributed by atoms with E-state index in [-0.39, 0.29) is 12.2 Å². The molecule has 0 atom stereocenters. The smallest absolute Gasteiger partial charge is 0.208 e. The van der Waals surface area contributed by atoms with Gasteiger partial charge in [0.1, 0.15) is 0 Å². The number of carbonyl (C=O) groups excluding carboxylic acids is 1. The average Bonchev–Trinajstić information content (AvgIpc) is 2.55. The second-order valence-electron chi connectivity index (χ2n) is 5.75. The molecule has 2 rings (SSSR count). The minimum atomic E-state index is -1.29. The number of nitriles is 1. The Balaban J connectivity index is 2.61. The lowest BCUT2D eigenvalue weighted by atomic mass is 9.73. The molecule has 0 spiro atoms. The van der Waals surface area contributed by atoms with Gasteiger partial charge in [-0.1, -0.05) is 24.1 Å². The van der Waals surface area contributed by atoms with Crippen molar-refractivity contribution in [1.82, 2.24) is 0 Å². The molecule has 0 bridgehead atoms. The Morgan fingerprint density at radius 1 is 1.36 bits per heavy atom. The molecule has 114 valence electrons. The number of Topliss-reactive ketones (excluding diaryl/α,β-unsaturated/α-hetero) is 1. The van der Waals surface area contributed by atoms with Gasteiger partial charge in [-0.25, -0.2) is 0 Å². The zero-order chi connectivity index (χ0) is 16.2. The van der Waals surface area contributed by atoms with E-state index in [4.69, 9.17) is 15.9 Å². The van der Waals surface area contributed by atoms with Crippen molar-refractivity contribution in [3.63, 3.8) is 0 Å². The van der Waals surface area contributed by atoms with Gasteiger partial charge in [-0.15, -0.1) is 6.42 Å². The van der Waals surface area contributed by atoms with E-state index in [1.807, 2.05) is 0 Å². The minimum absolute atomic E-state index is 0.00378. The number of carbonyl (C=O) groups is 1. The summed E-state index contributed by atoms with van der Waals surface area (Å²) in [7, 11) is 0. The molecule has 1 aliphatic heterocycles. The zero-order valence-corrected chi connectivity index (χ0v) is 12.9. The molecule has 1 aliphatic rings. The molecule has 1 fully saturated rings. The van der Waals surface area contributed by atoms with Gasteiger partial charge in [-0.3, -0.25) is 4.79 Å². The third-order valence-corrected chi connectivity index (χ3v) is 4.08. The summed E-state index contributed by atoms with van der Waals surface area (Å²) in [5.41, 5.74) is 0.00535. The highest BCUT2D eigenvalue weighted by Gasteiger charge is 2.55. The Kier molecular flexibility index (Phi) is 4.66. The summed E-state index contributed by atoms with van der Waals surface area (Å²) in [5, 5.41) is 9.39. The summed E-state index contributed by atoms with van der Waals surface area (Å²) in [6.45, 7) is 4.44. The molecule has 4 heteroatoms. The van der Waals surface area contributed by atoms with E-state index in [0.29, 0.717) is 24.3 Å². The molecule has 4 nitrogen and oxygen atoms in total. The third kappa shape index (κ3) is 2.52. The largest absolute Gasteiger partial charge is 0.345 e. The number of ketones is 1. The Morgan fingerprint density at radius 2 is 2.00 bits per heavy atom. The number of benzene rings is 1. The van der Waals surface area contributed by atoms with Crippen LogP contribution in [-0.2, 0) is 20.1 Å². The molecule has 0 aromatic heterocycles. The maximum atomic E-state index is 12.6. The van der Waals surface area contributed by atoms with Gasteiger partial charge in [0.2, 0.25) is 5.79 Å². The van der Waals surface area contributed by atoms with Gasteiger partial charge >= 0.3 is 0 Å². The van der Waals surface area contributed by atoms with Crippen LogP contribution in [0.25, 0.3) is 0 Å². The predicted octanol–water partition coefficient (Wildman–Crippen LogP) is 2.77. The van der Waals surface area contributed by atoms with Gasteiger partial charge in [0.15, 0.2) is 5.78 Å². The highest BCUT2D eigenvalue weighted by atomic mass is 16.7. The summed E-state index contributed by atoms with van der Waals surface area (Å²) in [6, 6.07) is 9.20. The first-order chi connectivity index (χ1) is 10.5. The highest BCUT2D eigenvalue weighted by Crippen LogP contribution is 2.48. The van der Waals surface area contributed by atoms with Crippen LogP contribution in [0, 0.1) is 29.1 Å². The Hall–Kier alpha value is -2.14. The zero-order valence-electron chi connectivity index (χ0n) is 12.9. The molecule has 0 amide bonds. The first kappa shape index (κ1) is 16.2. The van der Waals surface area contributed by atoms with Crippen molar-refractivity contribution in [1.29, 1.82) is 5.26 Å². The van der Waals surface area contributed by atoms with Gasteiger partial charge in [-0.05, 0) is 26.3 Å². The van der Waals surface area contributed by atoms with Crippen molar-refractivity contribution >= 4 is 5.78 Å². The van der Waals surface area contributed by atoms with Crippen LogP contribution in [0.15, 0.2) is 24.3 Å². The number of terminal acetylenes is 1. The van der Waals surface area contributed by atoms with Crippen molar-refractivity contribution in [2.24, 2.45) is 5.41 Å². The fourth-order valence-electron chi connectivity index (χ4n) is 2.75. The van der Waals surface area contributed by atoms with Crippen molar-refractivity contribution in [3.05, 3.63) is 35.4 Å². The lowest BCUT2D eigenvalue weighted by Crippen LogP contribution is -2.53. The minimum Gasteiger partial charge on any atom is -0.345 e. The second-order valence-corrected chi connectivity index (χ2v) is 5.75. The summed E-state index contributed by atoms with van der Waals surface area (Å²) in [5.74, 6) is 0.950. The molecule has 22 heavy (non-hydrogen) atoms. The maximum absolute atomic E-state index is 12.6. The van der Waals surface area contributed by atoms with Gasteiger partial charge in [-0.2, -0.15) is 5.26 Å². The third-order valence-electron chi connectivity index (χ3n) is 4.08. The SMILES string of the molecule is C#CCC(=O)C(C)(C)C1(c2ccccc2C#N)OCCCO1. The van der Waals surface area contributed by atoms with E-state index in [0.717, 1.165) is 6.42 Å². The lowest BCUT2D eigenvalue weighted by Gasteiger charge is -2.47. The second kappa shape index (κ2) is 6.32. The summed E-state index contributed by atoms with van der Waals surface area (Å²) < 4.78 is 11.9. The van der Waals surface area contributed by atoms with Gasteiger partial charge in [0, 0.05) is 5.56 Å². The van der Waals surface area contributed by atoms with E-state index in [9.17, 15) is 10.1 Å². The van der Waals surface area contributed by atoms with E-state index in [2.05, 4.69) is 12.0 Å². The molecule has 0 radical (unpaired) electrons. The van der Waals surface area contributed by atoms with Crippen LogP contribution in [-0.4, -0.2) is 19.0 Å². The molecule has 0 aliphatic carbocycles. The van der Waals surface area contributed by atoms with Crippen molar-refractivity contribution in [2.45, 2.75) is 32.5 Å². The number of hydrogen-bond acceptors (Lipinski definition) is 4. The Morgan fingerprint density at radius 3 is 2.59 bits per heavy atom. The quantitative estimate of drug-likeness (QED) is 0.802. The maximum Gasteiger partial charge on any atom is 0.208 e. The molecule has 1 heterocycles. The fourth-order valence-corrected chi connectivity index (χ4v) is 2.75. The van der Waals surface area contributed by atoms with Gasteiger partial charge in [0.05, 0.1) is 36.7 Å². The molecule has 1 saturated heterocycles. The highest BCUT2D eigenvalue weighted by molar-refractivity contribution is 5.87. The summed E-state index contributed by atoms with van der Waals surface area (Å²) >= 11 is 0. The predicted molar refractivity (Wildman–Crippen MR) is 81.6 cm³/mol. The van der Waals surface area contributed by atoms with Gasteiger partial charge in [0.25, 0.3) is 0 Å². The lowest BCUT2D eigenvalue weighted by molar-refractivity contribution is -0.319. The average molecular weight is 297 g/mol. The monoisotopic (exact) mass is 297 g/mol. The molecule has 0 unspecified atom stereocenters. The number of nitrogens with zero attached hydrogens (tertiary/aromatic N) is 1. The topological polar surface area (TPSA) is 59.3 Å². The molecular weight excluding hydrogens is 278 g/mol. The van der Waals surface area contributed by atoms with Crippen molar-refractivity contribution in [3.8, 4) is 18.4 Å². The summed E-state index contributed by atoms with van der Waals surface area (Å²) in [6.07, 6.45) is 6.03. The van der Waals surface area contributed by atoms with Crippen LogP contribution in [0.5, 0.6) is 0 Å². The Bertz CT molecular complexity index is 643.